The van der Waals surface area contributed by atoms with E-state index in [2.05, 4.69) is 9.68 Å². The normalized spacial score (nSPS) is 10.4. The van der Waals surface area contributed by atoms with E-state index in [1.54, 1.807) is 0 Å². The van der Waals surface area contributed by atoms with Crippen LogP contribution in [-0.2, 0) is 0 Å². The Morgan fingerprint density at radius 2 is 1.88 bits per heavy atom. The fourth-order valence-electron chi connectivity index (χ4n) is 1.29. The Morgan fingerprint density at radius 1 is 1.25 bits per heavy atom. The highest BCUT2D eigenvalue weighted by atomic mass is 19.1. The van der Waals surface area contributed by atoms with Crippen molar-refractivity contribution < 1.29 is 23.2 Å². The standard InChI is InChI=1S/C10H5F2NO3/c11-6-1-5(2-7(12)3-6)9-8(10(14)15)4-13-16-9/h1-4H,(H,14,15). The van der Waals surface area contributed by atoms with Crippen LogP contribution >= 0.6 is 0 Å². The quantitative estimate of drug-likeness (QED) is 0.851. The molecule has 0 aliphatic rings. The van der Waals surface area contributed by atoms with Crippen LogP contribution in [0.5, 0.6) is 0 Å². The lowest BCUT2D eigenvalue weighted by molar-refractivity contribution is 0.0697. The van der Waals surface area contributed by atoms with Gasteiger partial charge in [0.2, 0.25) is 0 Å². The molecule has 1 heterocycles. The molecule has 0 bridgehead atoms. The summed E-state index contributed by atoms with van der Waals surface area (Å²) in [5.74, 6) is -3.09. The first-order valence-corrected chi connectivity index (χ1v) is 4.22. The van der Waals surface area contributed by atoms with Gasteiger partial charge in [-0.3, -0.25) is 0 Å². The second-order valence-electron chi connectivity index (χ2n) is 3.03. The van der Waals surface area contributed by atoms with Crippen LogP contribution in [0.15, 0.2) is 28.9 Å². The zero-order valence-electron chi connectivity index (χ0n) is 7.78. The molecule has 6 heteroatoms. The number of carboxylic acids is 1. The molecule has 0 radical (unpaired) electrons. The molecule has 1 aromatic carbocycles. The molecule has 0 aliphatic carbocycles. The van der Waals surface area contributed by atoms with Crippen LogP contribution in [0.2, 0.25) is 0 Å². The highest BCUT2D eigenvalue weighted by Gasteiger charge is 2.17. The Bertz CT molecular complexity index is 530. The molecule has 0 spiro atoms. The van der Waals surface area contributed by atoms with Gasteiger partial charge in [0.1, 0.15) is 17.2 Å². The van der Waals surface area contributed by atoms with E-state index < -0.39 is 17.6 Å². The van der Waals surface area contributed by atoms with Gasteiger partial charge in [-0.2, -0.15) is 0 Å². The van der Waals surface area contributed by atoms with E-state index in [1.165, 1.54) is 0 Å². The van der Waals surface area contributed by atoms with Crippen molar-refractivity contribution in [3.63, 3.8) is 0 Å². The van der Waals surface area contributed by atoms with E-state index >= 15 is 0 Å². The minimum atomic E-state index is -1.28. The van der Waals surface area contributed by atoms with Crippen molar-refractivity contribution in [2.75, 3.05) is 0 Å². The number of aromatic nitrogens is 1. The molecule has 16 heavy (non-hydrogen) atoms. The van der Waals surface area contributed by atoms with Gasteiger partial charge in [-0.15, -0.1) is 0 Å². The van der Waals surface area contributed by atoms with Crippen LogP contribution in [0.1, 0.15) is 10.4 Å². The van der Waals surface area contributed by atoms with Gasteiger partial charge in [0, 0.05) is 11.6 Å². The third-order valence-corrected chi connectivity index (χ3v) is 1.93. The summed E-state index contributed by atoms with van der Waals surface area (Å²) in [5, 5.41) is 12.0. The number of hydrogen-bond acceptors (Lipinski definition) is 3. The van der Waals surface area contributed by atoms with Crippen molar-refractivity contribution >= 4 is 5.97 Å². The first-order chi connectivity index (χ1) is 7.58. The SMILES string of the molecule is O=C(O)c1cnoc1-c1cc(F)cc(F)c1. The third-order valence-electron chi connectivity index (χ3n) is 1.93. The summed E-state index contributed by atoms with van der Waals surface area (Å²) in [5.41, 5.74) is -0.252. The fraction of sp³-hybridized carbons (Fsp3) is 0. The van der Waals surface area contributed by atoms with Crippen LogP contribution in [0.3, 0.4) is 0 Å². The average molecular weight is 225 g/mol. The largest absolute Gasteiger partial charge is 0.477 e. The molecule has 0 fully saturated rings. The lowest BCUT2D eigenvalue weighted by Gasteiger charge is -1.98. The number of carbonyl (C=O) groups is 1. The Kier molecular flexibility index (Phi) is 2.40. The molecule has 0 aliphatic heterocycles. The van der Waals surface area contributed by atoms with Crippen molar-refractivity contribution in [1.29, 1.82) is 0 Å². The summed E-state index contributed by atoms with van der Waals surface area (Å²) in [4.78, 5) is 10.7. The first-order valence-electron chi connectivity index (χ1n) is 4.22. The number of nitrogens with zero attached hydrogens (tertiary/aromatic N) is 1. The van der Waals surface area contributed by atoms with Crippen molar-refractivity contribution in [2.24, 2.45) is 0 Å². The second-order valence-corrected chi connectivity index (χ2v) is 3.03. The third kappa shape index (κ3) is 1.77. The number of rotatable bonds is 2. The molecule has 1 aromatic heterocycles. The Labute approximate surface area is 88.1 Å². The molecule has 2 aromatic rings. The maximum atomic E-state index is 12.9. The van der Waals surface area contributed by atoms with E-state index in [0.29, 0.717) is 6.07 Å². The van der Waals surface area contributed by atoms with Gasteiger partial charge in [-0.05, 0) is 12.1 Å². The van der Waals surface area contributed by atoms with Gasteiger partial charge in [-0.25, -0.2) is 13.6 Å². The highest BCUT2D eigenvalue weighted by Crippen LogP contribution is 2.25. The van der Waals surface area contributed by atoms with Crippen LogP contribution in [0.4, 0.5) is 8.78 Å². The smallest absolute Gasteiger partial charge is 0.341 e. The fourth-order valence-corrected chi connectivity index (χ4v) is 1.29. The number of hydrogen-bond donors (Lipinski definition) is 1. The summed E-state index contributed by atoms with van der Waals surface area (Å²) in [6, 6.07) is 2.62. The lowest BCUT2D eigenvalue weighted by Crippen LogP contribution is -1.96. The Balaban J connectivity index is 2.58. The van der Waals surface area contributed by atoms with Crippen LogP contribution < -0.4 is 0 Å². The summed E-state index contributed by atoms with van der Waals surface area (Å²) >= 11 is 0. The minimum absolute atomic E-state index is 0.00704. The van der Waals surface area contributed by atoms with E-state index in [0.717, 1.165) is 18.3 Å². The van der Waals surface area contributed by atoms with Crippen molar-refractivity contribution in [2.45, 2.75) is 0 Å². The van der Waals surface area contributed by atoms with Crippen LogP contribution in [0.25, 0.3) is 11.3 Å². The predicted molar refractivity (Wildman–Crippen MR) is 48.8 cm³/mol. The molecular weight excluding hydrogens is 220 g/mol. The molecular formula is C10H5F2NO3. The zero-order valence-corrected chi connectivity index (χ0v) is 7.78. The zero-order chi connectivity index (χ0) is 11.7. The van der Waals surface area contributed by atoms with Crippen molar-refractivity contribution in [1.82, 2.24) is 5.16 Å². The lowest BCUT2D eigenvalue weighted by atomic mass is 10.1. The number of carboxylic acid groups (broad SMARTS) is 1. The molecule has 0 saturated carbocycles. The summed E-state index contributed by atoms with van der Waals surface area (Å²) < 4.78 is 30.5. The molecule has 0 atom stereocenters. The van der Waals surface area contributed by atoms with E-state index in [4.69, 9.17) is 5.11 Å². The molecule has 0 amide bonds. The van der Waals surface area contributed by atoms with E-state index in [9.17, 15) is 13.6 Å². The molecule has 0 saturated heterocycles. The van der Waals surface area contributed by atoms with Gasteiger partial charge in [0.05, 0.1) is 6.20 Å². The van der Waals surface area contributed by atoms with Crippen molar-refractivity contribution in [3.05, 3.63) is 41.6 Å². The minimum Gasteiger partial charge on any atom is -0.477 e. The van der Waals surface area contributed by atoms with Gasteiger partial charge in [0.15, 0.2) is 5.76 Å². The molecule has 2 rings (SSSR count). The molecule has 1 N–H and O–H groups in total. The topological polar surface area (TPSA) is 63.3 Å². The summed E-state index contributed by atoms with van der Waals surface area (Å²) in [6.07, 6.45) is 0.973. The van der Waals surface area contributed by atoms with Gasteiger partial charge in [0.25, 0.3) is 0 Å². The molecule has 0 unspecified atom stereocenters. The van der Waals surface area contributed by atoms with Gasteiger partial charge >= 0.3 is 5.97 Å². The molecule has 4 nitrogen and oxygen atoms in total. The summed E-state index contributed by atoms with van der Waals surface area (Å²) in [6.45, 7) is 0. The maximum Gasteiger partial charge on any atom is 0.341 e. The average Bonchev–Trinajstić information content (AvgIpc) is 2.63. The number of benzene rings is 1. The monoisotopic (exact) mass is 225 g/mol. The predicted octanol–water partition coefficient (Wildman–Crippen LogP) is 2.32. The van der Waals surface area contributed by atoms with E-state index in [-0.39, 0.29) is 16.9 Å². The van der Waals surface area contributed by atoms with Crippen LogP contribution in [0, 0.1) is 11.6 Å². The second kappa shape index (κ2) is 3.73. The number of aromatic carboxylic acids is 1. The van der Waals surface area contributed by atoms with Gasteiger partial charge < -0.3 is 9.63 Å². The summed E-state index contributed by atoms with van der Waals surface area (Å²) in [7, 11) is 0. The van der Waals surface area contributed by atoms with Gasteiger partial charge in [-0.1, -0.05) is 5.16 Å². The number of halogens is 2. The highest BCUT2D eigenvalue weighted by molar-refractivity contribution is 5.93. The molecule has 82 valence electrons. The Morgan fingerprint density at radius 3 is 2.44 bits per heavy atom. The van der Waals surface area contributed by atoms with Crippen LogP contribution in [-0.4, -0.2) is 16.2 Å². The maximum absolute atomic E-state index is 12.9. The van der Waals surface area contributed by atoms with Crippen molar-refractivity contribution in [3.8, 4) is 11.3 Å². The Hall–Kier alpha value is -2.24. The first kappa shape index (κ1) is 10.3. The van der Waals surface area contributed by atoms with E-state index in [1.807, 2.05) is 0 Å².